The number of aryl methyl sites for hydroxylation is 3. The molecule has 0 aliphatic heterocycles. The van der Waals surface area contributed by atoms with Gasteiger partial charge in [0, 0.05) is 15.3 Å². The third kappa shape index (κ3) is 3.66. The van der Waals surface area contributed by atoms with Gasteiger partial charge in [-0.15, -0.1) is 11.3 Å². The van der Waals surface area contributed by atoms with Crippen LogP contribution in [0.1, 0.15) is 16.1 Å². The van der Waals surface area contributed by atoms with E-state index in [9.17, 15) is 9.18 Å². The zero-order chi connectivity index (χ0) is 23.4. The van der Waals surface area contributed by atoms with Crippen LogP contribution >= 0.6 is 34.5 Å². The minimum absolute atomic E-state index is 0.00140. The van der Waals surface area contributed by atoms with Gasteiger partial charge in [0.2, 0.25) is 0 Å². The Morgan fingerprint density at radius 3 is 2.42 bits per heavy atom. The molecule has 0 bridgehead atoms. The lowest BCUT2D eigenvalue weighted by Crippen LogP contribution is -2.22. The van der Waals surface area contributed by atoms with E-state index in [0.717, 1.165) is 20.7 Å². The van der Waals surface area contributed by atoms with Gasteiger partial charge in [0.1, 0.15) is 16.4 Å². The summed E-state index contributed by atoms with van der Waals surface area (Å²) in [5.74, 6) is -0.142. The van der Waals surface area contributed by atoms with Crippen molar-refractivity contribution >= 4 is 55.7 Å². The number of hydrogen-bond donors (Lipinski definition) is 0. The van der Waals surface area contributed by atoms with Gasteiger partial charge in [-0.1, -0.05) is 23.2 Å². The van der Waals surface area contributed by atoms with E-state index in [-0.39, 0.29) is 22.3 Å². The standard InChI is InChI=1S/C24H16Cl2FN3O2S/c1-11-13(3)33-22-19(11)21-20(12(2)28-22)23(31)30(16-7-5-15(27)6-8-16)24(29-21)32-18-9-4-14(25)10-17(18)26/h4-10H,1-3H3. The monoisotopic (exact) mass is 499 g/mol. The lowest BCUT2D eigenvalue weighted by molar-refractivity contribution is 0.427. The van der Waals surface area contributed by atoms with Gasteiger partial charge in [-0.05, 0) is 68.8 Å². The normalized spacial score (nSPS) is 11.5. The molecule has 3 heterocycles. The Labute approximate surface area is 202 Å². The Hall–Kier alpha value is -3.00. The maximum absolute atomic E-state index is 13.8. The van der Waals surface area contributed by atoms with Crippen molar-refractivity contribution in [3.8, 4) is 17.4 Å². The molecule has 0 saturated heterocycles. The van der Waals surface area contributed by atoms with E-state index < -0.39 is 5.82 Å². The number of aromatic nitrogens is 3. The molecule has 3 aromatic heterocycles. The first-order valence-corrected chi connectivity index (χ1v) is 11.5. The molecule has 0 fully saturated rings. The van der Waals surface area contributed by atoms with Gasteiger partial charge in [0.15, 0.2) is 0 Å². The SMILES string of the molecule is Cc1sc2nc(C)c3c(=O)n(-c4ccc(F)cc4)c(Oc4ccc(Cl)cc4Cl)nc3c2c1C. The van der Waals surface area contributed by atoms with Gasteiger partial charge >= 0.3 is 6.01 Å². The van der Waals surface area contributed by atoms with Crippen LogP contribution in [-0.4, -0.2) is 14.5 Å². The fourth-order valence-electron chi connectivity index (χ4n) is 3.73. The van der Waals surface area contributed by atoms with Crippen LogP contribution in [-0.2, 0) is 0 Å². The van der Waals surface area contributed by atoms with Gasteiger partial charge in [-0.3, -0.25) is 4.79 Å². The number of halogens is 3. The summed E-state index contributed by atoms with van der Waals surface area (Å²) in [4.78, 5) is 25.1. The molecular formula is C24H16Cl2FN3O2S. The summed E-state index contributed by atoms with van der Waals surface area (Å²) < 4.78 is 21.0. The molecular weight excluding hydrogens is 484 g/mol. The molecule has 0 aliphatic rings. The number of thiophene rings is 1. The van der Waals surface area contributed by atoms with Gasteiger partial charge in [0.25, 0.3) is 5.56 Å². The Morgan fingerprint density at radius 2 is 1.73 bits per heavy atom. The minimum Gasteiger partial charge on any atom is -0.424 e. The number of fused-ring (bicyclic) bond motifs is 3. The molecule has 0 radical (unpaired) electrons. The zero-order valence-corrected chi connectivity index (χ0v) is 20.1. The number of benzene rings is 2. The van der Waals surface area contributed by atoms with Gasteiger partial charge in [-0.2, -0.15) is 4.98 Å². The Balaban J connectivity index is 1.89. The fourth-order valence-corrected chi connectivity index (χ4v) is 5.25. The van der Waals surface area contributed by atoms with E-state index in [1.54, 1.807) is 36.5 Å². The van der Waals surface area contributed by atoms with Crippen LogP contribution in [0, 0.1) is 26.6 Å². The number of ether oxygens (including phenoxy) is 1. The van der Waals surface area contributed by atoms with Crippen LogP contribution < -0.4 is 10.3 Å². The van der Waals surface area contributed by atoms with Crippen LogP contribution in [0.2, 0.25) is 10.0 Å². The molecule has 0 aliphatic carbocycles. The van der Waals surface area contributed by atoms with E-state index in [0.29, 0.717) is 27.3 Å². The molecule has 0 spiro atoms. The number of hydrogen-bond acceptors (Lipinski definition) is 5. The van der Waals surface area contributed by atoms with E-state index in [2.05, 4.69) is 4.98 Å². The summed E-state index contributed by atoms with van der Waals surface area (Å²) in [5.41, 5.74) is 2.09. The molecule has 166 valence electrons. The third-order valence-electron chi connectivity index (χ3n) is 5.47. The second-order valence-electron chi connectivity index (χ2n) is 7.57. The largest absolute Gasteiger partial charge is 0.424 e. The molecule has 2 aromatic carbocycles. The van der Waals surface area contributed by atoms with Crippen molar-refractivity contribution in [2.75, 3.05) is 0 Å². The minimum atomic E-state index is -0.423. The number of nitrogens with zero attached hydrogens (tertiary/aromatic N) is 3. The van der Waals surface area contributed by atoms with Crippen LogP contribution in [0.25, 0.3) is 26.8 Å². The Kier molecular flexibility index (Phi) is 5.35. The van der Waals surface area contributed by atoms with E-state index in [4.69, 9.17) is 32.9 Å². The molecule has 0 atom stereocenters. The maximum atomic E-state index is 13.8. The van der Waals surface area contributed by atoms with E-state index in [1.807, 2.05) is 13.8 Å². The molecule has 0 N–H and O–H groups in total. The number of rotatable bonds is 3. The summed E-state index contributed by atoms with van der Waals surface area (Å²) in [6.45, 7) is 5.77. The predicted molar refractivity (Wildman–Crippen MR) is 131 cm³/mol. The lowest BCUT2D eigenvalue weighted by Gasteiger charge is -2.16. The zero-order valence-electron chi connectivity index (χ0n) is 17.7. The van der Waals surface area contributed by atoms with Gasteiger partial charge < -0.3 is 4.74 Å². The van der Waals surface area contributed by atoms with Crippen LogP contribution in [0.15, 0.2) is 47.3 Å². The molecule has 9 heteroatoms. The first-order valence-electron chi connectivity index (χ1n) is 9.96. The summed E-state index contributed by atoms with van der Waals surface area (Å²) in [7, 11) is 0. The third-order valence-corrected chi connectivity index (χ3v) is 7.10. The second-order valence-corrected chi connectivity index (χ2v) is 9.62. The molecule has 5 rings (SSSR count). The molecule has 0 saturated carbocycles. The van der Waals surface area contributed by atoms with Crippen molar-refractivity contribution < 1.29 is 9.13 Å². The van der Waals surface area contributed by atoms with Gasteiger partial charge in [-0.25, -0.2) is 13.9 Å². The van der Waals surface area contributed by atoms with Crippen LogP contribution in [0.4, 0.5) is 4.39 Å². The van der Waals surface area contributed by atoms with Crippen molar-refractivity contribution in [2.24, 2.45) is 0 Å². The smallest absolute Gasteiger partial charge is 0.310 e. The predicted octanol–water partition coefficient (Wildman–Crippen LogP) is 7.16. The quantitative estimate of drug-likeness (QED) is 0.264. The number of pyridine rings is 1. The van der Waals surface area contributed by atoms with Crippen molar-refractivity contribution in [3.63, 3.8) is 0 Å². The first-order chi connectivity index (χ1) is 15.7. The average molecular weight is 500 g/mol. The fraction of sp³-hybridized carbons (Fsp3) is 0.125. The van der Waals surface area contributed by atoms with E-state index in [1.165, 1.54) is 28.8 Å². The van der Waals surface area contributed by atoms with E-state index >= 15 is 0 Å². The highest BCUT2D eigenvalue weighted by Crippen LogP contribution is 2.36. The molecule has 0 unspecified atom stereocenters. The van der Waals surface area contributed by atoms with Crippen molar-refractivity contribution in [1.29, 1.82) is 0 Å². The first kappa shape index (κ1) is 21.8. The summed E-state index contributed by atoms with van der Waals surface area (Å²) in [5, 5.41) is 1.90. The van der Waals surface area contributed by atoms with Gasteiger partial charge in [0.05, 0.1) is 27.3 Å². The molecule has 5 nitrogen and oxygen atoms in total. The highest BCUT2D eigenvalue weighted by atomic mass is 35.5. The Bertz CT molecular complexity index is 1630. The molecule has 5 aromatic rings. The highest BCUT2D eigenvalue weighted by molar-refractivity contribution is 7.18. The second kappa shape index (κ2) is 8.09. The van der Waals surface area contributed by atoms with Crippen molar-refractivity contribution in [3.05, 3.63) is 84.8 Å². The van der Waals surface area contributed by atoms with Crippen LogP contribution in [0.5, 0.6) is 11.8 Å². The lowest BCUT2D eigenvalue weighted by atomic mass is 10.1. The maximum Gasteiger partial charge on any atom is 0.310 e. The summed E-state index contributed by atoms with van der Waals surface area (Å²) in [6.07, 6.45) is 0. The highest BCUT2D eigenvalue weighted by Gasteiger charge is 2.22. The molecule has 0 amide bonds. The Morgan fingerprint density at radius 1 is 1.00 bits per heavy atom. The van der Waals surface area contributed by atoms with Crippen molar-refractivity contribution in [1.82, 2.24) is 14.5 Å². The average Bonchev–Trinajstić information content (AvgIpc) is 3.04. The summed E-state index contributed by atoms with van der Waals surface area (Å²) >= 11 is 13.9. The topological polar surface area (TPSA) is 57.0 Å². The van der Waals surface area contributed by atoms with Crippen molar-refractivity contribution in [2.45, 2.75) is 20.8 Å². The summed E-state index contributed by atoms with van der Waals surface area (Å²) in [6, 6.07) is 10.3. The van der Waals surface area contributed by atoms with Crippen LogP contribution in [0.3, 0.4) is 0 Å². The molecule has 33 heavy (non-hydrogen) atoms.